The van der Waals surface area contributed by atoms with E-state index in [9.17, 15) is 4.79 Å². The molecule has 0 spiro atoms. The third kappa shape index (κ3) is 2.52. The number of carbonyl (C=O) groups excluding carboxylic acids is 1. The molecule has 6 heteroatoms. The molecule has 76 valence electrons. The maximum atomic E-state index is 11.5. The Kier molecular flexibility index (Phi) is 2.95. The van der Waals surface area contributed by atoms with Crippen LogP contribution in [0.5, 0.6) is 0 Å². The monoisotopic (exact) mass is 315 g/mol. The molecule has 0 fully saturated rings. The Morgan fingerprint density at radius 3 is 2.87 bits per heavy atom. The van der Waals surface area contributed by atoms with E-state index in [1.54, 1.807) is 12.3 Å². The highest BCUT2D eigenvalue weighted by atomic mass is 127. The number of carbonyl (C=O) groups is 1. The summed E-state index contributed by atoms with van der Waals surface area (Å²) in [5.74, 6) is 0.286. The number of aromatic nitrogens is 2. The molecule has 0 saturated carbocycles. The van der Waals surface area contributed by atoms with Crippen LogP contribution in [0.3, 0.4) is 0 Å². The number of hydrogen-bond donors (Lipinski definition) is 1. The van der Waals surface area contributed by atoms with Crippen molar-refractivity contribution in [2.45, 2.75) is 0 Å². The fraction of sp³-hybridized carbons (Fsp3) is 0. The minimum Gasteiger partial charge on any atom is -0.351 e. The molecule has 2 aromatic heterocycles. The van der Waals surface area contributed by atoms with Crippen molar-refractivity contribution in [3.8, 4) is 0 Å². The van der Waals surface area contributed by atoms with E-state index < -0.39 is 0 Å². The van der Waals surface area contributed by atoms with Gasteiger partial charge in [-0.1, -0.05) is 5.16 Å². The molecule has 1 N–H and O–H groups in total. The standard InChI is InChI=1S/C9H6IN3O2/c10-6-1-2-8(11-5-6)13-9(14)7-3-4-12-15-7/h1-5H,(H,11,13,14). The van der Waals surface area contributed by atoms with E-state index in [1.165, 1.54) is 12.3 Å². The smallest absolute Gasteiger partial charge is 0.295 e. The Hall–Kier alpha value is -1.44. The molecule has 0 aliphatic carbocycles. The van der Waals surface area contributed by atoms with E-state index >= 15 is 0 Å². The molecule has 0 radical (unpaired) electrons. The van der Waals surface area contributed by atoms with Crippen molar-refractivity contribution in [2.75, 3.05) is 5.32 Å². The molecule has 2 rings (SSSR count). The third-order valence-corrected chi connectivity index (χ3v) is 2.27. The molecule has 5 nitrogen and oxygen atoms in total. The van der Waals surface area contributed by atoms with Crippen LogP contribution in [-0.4, -0.2) is 16.0 Å². The van der Waals surface area contributed by atoms with Gasteiger partial charge in [0.25, 0.3) is 5.91 Å². The number of nitrogens with one attached hydrogen (secondary N) is 1. The lowest BCUT2D eigenvalue weighted by Crippen LogP contribution is -2.11. The SMILES string of the molecule is O=C(Nc1ccc(I)cn1)c1ccno1. The lowest BCUT2D eigenvalue weighted by atomic mass is 10.4. The first-order valence-electron chi connectivity index (χ1n) is 4.09. The summed E-state index contributed by atoms with van der Waals surface area (Å²) in [6, 6.07) is 5.06. The largest absolute Gasteiger partial charge is 0.351 e. The Labute approximate surface area is 99.0 Å². The topological polar surface area (TPSA) is 68.0 Å². The van der Waals surface area contributed by atoms with Crippen LogP contribution in [-0.2, 0) is 0 Å². The molecule has 2 heterocycles. The summed E-state index contributed by atoms with van der Waals surface area (Å²) < 4.78 is 5.70. The van der Waals surface area contributed by atoms with Crippen molar-refractivity contribution in [3.05, 3.63) is 39.9 Å². The first-order valence-corrected chi connectivity index (χ1v) is 5.17. The minimum absolute atomic E-state index is 0.162. The number of pyridine rings is 1. The van der Waals surface area contributed by atoms with Crippen molar-refractivity contribution < 1.29 is 9.32 Å². The van der Waals surface area contributed by atoms with E-state index in [2.05, 4.69) is 38.0 Å². The molecule has 0 atom stereocenters. The summed E-state index contributed by atoms with van der Waals surface area (Å²) in [4.78, 5) is 15.5. The van der Waals surface area contributed by atoms with E-state index in [4.69, 9.17) is 4.52 Å². The van der Waals surface area contributed by atoms with E-state index in [1.807, 2.05) is 6.07 Å². The summed E-state index contributed by atoms with van der Waals surface area (Å²) in [6.07, 6.45) is 3.08. The van der Waals surface area contributed by atoms with Crippen LogP contribution in [0.4, 0.5) is 5.82 Å². The summed E-state index contributed by atoms with van der Waals surface area (Å²) >= 11 is 2.14. The van der Waals surface area contributed by atoms with Gasteiger partial charge in [0.05, 0.1) is 6.20 Å². The van der Waals surface area contributed by atoms with Crippen molar-refractivity contribution in [1.29, 1.82) is 0 Å². The zero-order valence-corrected chi connectivity index (χ0v) is 9.63. The fourth-order valence-corrected chi connectivity index (χ4v) is 1.28. The third-order valence-electron chi connectivity index (χ3n) is 1.63. The average Bonchev–Trinajstić information content (AvgIpc) is 2.74. The fourth-order valence-electron chi connectivity index (χ4n) is 0.961. The summed E-state index contributed by atoms with van der Waals surface area (Å²) in [7, 11) is 0. The molecule has 0 bridgehead atoms. The Bertz CT molecular complexity index is 453. The second kappa shape index (κ2) is 4.39. The minimum atomic E-state index is -0.360. The van der Waals surface area contributed by atoms with Crippen LogP contribution >= 0.6 is 22.6 Å². The first-order chi connectivity index (χ1) is 7.25. The van der Waals surface area contributed by atoms with Crippen molar-refractivity contribution in [1.82, 2.24) is 10.1 Å². The molecule has 1 amide bonds. The van der Waals surface area contributed by atoms with Gasteiger partial charge < -0.3 is 9.84 Å². The van der Waals surface area contributed by atoms with Crippen molar-refractivity contribution in [2.24, 2.45) is 0 Å². The maximum Gasteiger partial charge on any atom is 0.295 e. The summed E-state index contributed by atoms with van der Waals surface area (Å²) in [5.41, 5.74) is 0. The van der Waals surface area contributed by atoms with E-state index in [0.29, 0.717) is 5.82 Å². The van der Waals surface area contributed by atoms with Crippen molar-refractivity contribution >= 4 is 34.3 Å². The summed E-state index contributed by atoms with van der Waals surface area (Å²) in [6.45, 7) is 0. The predicted molar refractivity (Wildman–Crippen MR) is 61.4 cm³/mol. The maximum absolute atomic E-state index is 11.5. The Balaban J connectivity index is 2.09. The Morgan fingerprint density at radius 2 is 2.27 bits per heavy atom. The first kappa shape index (κ1) is 10.1. The lowest BCUT2D eigenvalue weighted by molar-refractivity contribution is 0.0987. The number of nitrogens with zero attached hydrogens (tertiary/aromatic N) is 2. The quantitative estimate of drug-likeness (QED) is 0.860. The number of rotatable bonds is 2. The molecule has 15 heavy (non-hydrogen) atoms. The van der Waals surface area contributed by atoms with Gasteiger partial charge in [-0.05, 0) is 34.7 Å². The average molecular weight is 315 g/mol. The van der Waals surface area contributed by atoms with Gasteiger partial charge in [-0.25, -0.2) is 4.98 Å². The second-order valence-electron chi connectivity index (χ2n) is 2.69. The van der Waals surface area contributed by atoms with E-state index in [0.717, 1.165) is 3.57 Å². The zero-order chi connectivity index (χ0) is 10.7. The van der Waals surface area contributed by atoms with Gasteiger partial charge in [0.15, 0.2) is 0 Å². The molecule has 0 aliphatic heterocycles. The predicted octanol–water partition coefficient (Wildman–Crippen LogP) is 1.93. The number of anilines is 1. The van der Waals surface area contributed by atoms with Gasteiger partial charge in [0.2, 0.25) is 5.76 Å². The van der Waals surface area contributed by atoms with Gasteiger partial charge in [0, 0.05) is 15.8 Å². The van der Waals surface area contributed by atoms with E-state index in [-0.39, 0.29) is 11.7 Å². The van der Waals surface area contributed by atoms with Gasteiger partial charge in [0.1, 0.15) is 5.82 Å². The molecule has 0 unspecified atom stereocenters. The number of hydrogen-bond acceptors (Lipinski definition) is 4. The molecular weight excluding hydrogens is 309 g/mol. The number of amides is 1. The van der Waals surface area contributed by atoms with Gasteiger partial charge >= 0.3 is 0 Å². The van der Waals surface area contributed by atoms with Crippen LogP contribution in [0.15, 0.2) is 35.1 Å². The van der Waals surface area contributed by atoms with Crippen LogP contribution in [0.1, 0.15) is 10.6 Å². The highest BCUT2D eigenvalue weighted by Gasteiger charge is 2.09. The molecule has 0 saturated heterocycles. The second-order valence-corrected chi connectivity index (χ2v) is 3.94. The highest BCUT2D eigenvalue weighted by Crippen LogP contribution is 2.08. The van der Waals surface area contributed by atoms with Crippen LogP contribution in [0.2, 0.25) is 0 Å². The number of halogens is 1. The Morgan fingerprint density at radius 1 is 1.40 bits per heavy atom. The van der Waals surface area contributed by atoms with Gasteiger partial charge in [-0.15, -0.1) is 0 Å². The van der Waals surface area contributed by atoms with Crippen LogP contribution < -0.4 is 5.32 Å². The van der Waals surface area contributed by atoms with Crippen LogP contribution in [0, 0.1) is 3.57 Å². The normalized spacial score (nSPS) is 9.93. The molecule has 0 aromatic carbocycles. The van der Waals surface area contributed by atoms with Gasteiger partial charge in [-0.3, -0.25) is 4.79 Å². The highest BCUT2D eigenvalue weighted by molar-refractivity contribution is 14.1. The zero-order valence-electron chi connectivity index (χ0n) is 7.48. The van der Waals surface area contributed by atoms with Crippen LogP contribution in [0.25, 0.3) is 0 Å². The molecule has 2 aromatic rings. The molecule has 0 aliphatic rings. The molecular formula is C9H6IN3O2. The summed E-state index contributed by atoms with van der Waals surface area (Å²) in [5, 5.41) is 6.03. The van der Waals surface area contributed by atoms with Gasteiger partial charge in [-0.2, -0.15) is 0 Å². The lowest BCUT2D eigenvalue weighted by Gasteiger charge is -2.00. The van der Waals surface area contributed by atoms with Crippen molar-refractivity contribution in [3.63, 3.8) is 0 Å².